The van der Waals surface area contributed by atoms with Crippen LogP contribution >= 0.6 is 0 Å². The Bertz CT molecular complexity index is 1300. The SMILES string of the molecule is Cc1cc(=O)oc2cc(NC(=O)N(C)C(c3cccc(F)c3)c3ccccn3)ccc12. The highest BCUT2D eigenvalue weighted by molar-refractivity contribution is 5.92. The van der Waals surface area contributed by atoms with Gasteiger partial charge in [0.25, 0.3) is 0 Å². The second-order valence-electron chi connectivity index (χ2n) is 7.21. The normalized spacial score (nSPS) is 11.8. The van der Waals surface area contributed by atoms with Crippen molar-refractivity contribution in [2.45, 2.75) is 13.0 Å². The van der Waals surface area contributed by atoms with Crippen LogP contribution in [-0.4, -0.2) is 23.0 Å². The molecule has 0 bridgehead atoms. The molecule has 2 aromatic carbocycles. The maximum atomic E-state index is 13.9. The number of nitrogens with zero attached hydrogens (tertiary/aromatic N) is 2. The highest BCUT2D eigenvalue weighted by Gasteiger charge is 2.25. The number of benzene rings is 2. The van der Waals surface area contributed by atoms with E-state index < -0.39 is 23.5 Å². The first-order chi connectivity index (χ1) is 14.9. The number of carbonyl (C=O) groups is 1. The number of carbonyl (C=O) groups excluding carboxylic acids is 1. The third kappa shape index (κ3) is 4.30. The molecule has 6 nitrogen and oxygen atoms in total. The predicted molar refractivity (Wildman–Crippen MR) is 116 cm³/mol. The largest absolute Gasteiger partial charge is 0.423 e. The summed E-state index contributed by atoms with van der Waals surface area (Å²) in [7, 11) is 1.62. The lowest BCUT2D eigenvalue weighted by Gasteiger charge is -2.28. The summed E-state index contributed by atoms with van der Waals surface area (Å²) >= 11 is 0. The summed E-state index contributed by atoms with van der Waals surface area (Å²) in [5, 5.41) is 3.60. The van der Waals surface area contributed by atoms with E-state index in [1.54, 1.807) is 55.7 Å². The number of aromatic nitrogens is 1. The van der Waals surface area contributed by atoms with Crippen LogP contribution in [0.3, 0.4) is 0 Å². The number of pyridine rings is 1. The molecule has 0 fully saturated rings. The molecule has 1 atom stereocenters. The van der Waals surface area contributed by atoms with Gasteiger partial charge in [0, 0.05) is 36.5 Å². The minimum Gasteiger partial charge on any atom is -0.423 e. The number of rotatable bonds is 4. The van der Waals surface area contributed by atoms with Crippen LogP contribution in [0.1, 0.15) is 22.9 Å². The van der Waals surface area contributed by atoms with Crippen LogP contribution in [0.5, 0.6) is 0 Å². The van der Waals surface area contributed by atoms with Crippen molar-refractivity contribution in [1.29, 1.82) is 0 Å². The Kier molecular flexibility index (Phi) is 5.49. The summed E-state index contributed by atoms with van der Waals surface area (Å²) in [4.78, 5) is 30.5. The lowest BCUT2D eigenvalue weighted by Crippen LogP contribution is -2.35. The molecule has 4 aromatic rings. The van der Waals surface area contributed by atoms with E-state index in [4.69, 9.17) is 4.42 Å². The van der Waals surface area contributed by atoms with E-state index in [-0.39, 0.29) is 0 Å². The fourth-order valence-electron chi connectivity index (χ4n) is 3.54. The minimum absolute atomic E-state index is 0.386. The first kappa shape index (κ1) is 20.3. The Labute approximate surface area is 178 Å². The monoisotopic (exact) mass is 417 g/mol. The zero-order chi connectivity index (χ0) is 22.0. The highest BCUT2D eigenvalue weighted by atomic mass is 19.1. The van der Waals surface area contributed by atoms with Gasteiger partial charge >= 0.3 is 11.7 Å². The number of aryl methyl sites for hydroxylation is 1. The van der Waals surface area contributed by atoms with Crippen LogP contribution in [0.2, 0.25) is 0 Å². The van der Waals surface area contributed by atoms with Gasteiger partial charge in [0.1, 0.15) is 17.4 Å². The van der Waals surface area contributed by atoms with Crippen LogP contribution in [0, 0.1) is 12.7 Å². The lowest BCUT2D eigenvalue weighted by molar-refractivity contribution is 0.211. The van der Waals surface area contributed by atoms with E-state index in [1.165, 1.54) is 23.1 Å². The van der Waals surface area contributed by atoms with Crippen molar-refractivity contribution >= 4 is 22.7 Å². The van der Waals surface area contributed by atoms with Crippen molar-refractivity contribution in [1.82, 2.24) is 9.88 Å². The van der Waals surface area contributed by atoms with Gasteiger partial charge in [0.2, 0.25) is 0 Å². The zero-order valence-corrected chi connectivity index (χ0v) is 17.0. The quantitative estimate of drug-likeness (QED) is 0.480. The second-order valence-corrected chi connectivity index (χ2v) is 7.21. The molecular weight excluding hydrogens is 397 g/mol. The highest BCUT2D eigenvalue weighted by Crippen LogP contribution is 2.28. The van der Waals surface area contributed by atoms with Crippen molar-refractivity contribution in [2.24, 2.45) is 0 Å². The molecule has 2 aromatic heterocycles. The Morgan fingerprint density at radius 2 is 1.94 bits per heavy atom. The summed E-state index contributed by atoms with van der Waals surface area (Å²) in [6.45, 7) is 1.82. The van der Waals surface area contributed by atoms with Gasteiger partial charge in [-0.15, -0.1) is 0 Å². The third-order valence-corrected chi connectivity index (χ3v) is 5.04. The molecule has 1 unspecified atom stereocenters. The second kappa shape index (κ2) is 8.39. The average Bonchev–Trinajstić information content (AvgIpc) is 2.74. The molecule has 0 spiro atoms. The van der Waals surface area contributed by atoms with E-state index in [0.717, 1.165) is 10.9 Å². The van der Waals surface area contributed by atoms with Crippen molar-refractivity contribution in [3.63, 3.8) is 0 Å². The van der Waals surface area contributed by atoms with Crippen LogP contribution in [-0.2, 0) is 0 Å². The summed E-state index contributed by atoms with van der Waals surface area (Å²) in [5.41, 5.74) is 2.39. The molecular formula is C24H20FN3O3. The summed E-state index contributed by atoms with van der Waals surface area (Å²) in [6, 6.07) is 17.0. The summed E-state index contributed by atoms with van der Waals surface area (Å²) < 4.78 is 19.1. The van der Waals surface area contributed by atoms with Gasteiger partial charge in [0.05, 0.1) is 5.69 Å². The van der Waals surface area contributed by atoms with Crippen molar-refractivity contribution in [2.75, 3.05) is 12.4 Å². The minimum atomic E-state index is -0.600. The van der Waals surface area contributed by atoms with E-state index in [2.05, 4.69) is 10.3 Å². The number of halogens is 1. The van der Waals surface area contributed by atoms with Gasteiger partial charge in [-0.3, -0.25) is 4.98 Å². The molecule has 2 heterocycles. The molecule has 0 aliphatic heterocycles. The molecule has 1 N–H and O–H groups in total. The lowest BCUT2D eigenvalue weighted by atomic mass is 10.0. The number of amides is 2. The average molecular weight is 417 g/mol. The summed E-state index contributed by atoms with van der Waals surface area (Å²) in [5.74, 6) is -0.396. The van der Waals surface area contributed by atoms with Gasteiger partial charge in [-0.2, -0.15) is 0 Å². The van der Waals surface area contributed by atoms with Crippen molar-refractivity contribution in [3.05, 3.63) is 106 Å². The molecule has 0 saturated heterocycles. The van der Waals surface area contributed by atoms with Crippen LogP contribution in [0.25, 0.3) is 11.0 Å². The topological polar surface area (TPSA) is 75.4 Å². The van der Waals surface area contributed by atoms with Gasteiger partial charge < -0.3 is 14.6 Å². The van der Waals surface area contributed by atoms with Gasteiger partial charge in [-0.05, 0) is 54.4 Å². The molecule has 31 heavy (non-hydrogen) atoms. The molecule has 4 rings (SSSR count). The van der Waals surface area contributed by atoms with Crippen LogP contribution < -0.4 is 10.9 Å². The van der Waals surface area contributed by atoms with Gasteiger partial charge in [0.15, 0.2) is 0 Å². The third-order valence-electron chi connectivity index (χ3n) is 5.04. The van der Waals surface area contributed by atoms with Crippen molar-refractivity contribution < 1.29 is 13.6 Å². The number of hydrogen-bond acceptors (Lipinski definition) is 4. The number of fused-ring (bicyclic) bond motifs is 1. The van der Waals surface area contributed by atoms with Gasteiger partial charge in [-0.1, -0.05) is 18.2 Å². The smallest absolute Gasteiger partial charge is 0.336 e. The van der Waals surface area contributed by atoms with Crippen molar-refractivity contribution in [3.8, 4) is 0 Å². The van der Waals surface area contributed by atoms with E-state index in [9.17, 15) is 14.0 Å². The van der Waals surface area contributed by atoms with E-state index in [1.807, 2.05) is 13.0 Å². The molecule has 0 radical (unpaired) electrons. The Balaban J connectivity index is 1.66. The Hall–Kier alpha value is -4.00. The first-order valence-corrected chi connectivity index (χ1v) is 9.67. The Morgan fingerprint density at radius 3 is 2.68 bits per heavy atom. The molecule has 7 heteroatoms. The maximum absolute atomic E-state index is 13.9. The summed E-state index contributed by atoms with van der Waals surface area (Å²) in [6.07, 6.45) is 1.63. The fraction of sp³-hybridized carbons (Fsp3) is 0.125. The molecule has 0 aliphatic rings. The van der Waals surface area contributed by atoms with E-state index >= 15 is 0 Å². The number of nitrogens with one attached hydrogen (secondary N) is 1. The predicted octanol–water partition coefficient (Wildman–Crippen LogP) is 4.89. The maximum Gasteiger partial charge on any atom is 0.336 e. The van der Waals surface area contributed by atoms with E-state index in [0.29, 0.717) is 22.5 Å². The fourth-order valence-corrected chi connectivity index (χ4v) is 3.54. The van der Waals surface area contributed by atoms with Crippen LogP contribution in [0.15, 0.2) is 82.1 Å². The number of hydrogen-bond donors (Lipinski definition) is 1. The first-order valence-electron chi connectivity index (χ1n) is 9.67. The Morgan fingerprint density at radius 1 is 1.10 bits per heavy atom. The zero-order valence-electron chi connectivity index (χ0n) is 17.0. The molecule has 0 saturated carbocycles. The van der Waals surface area contributed by atoms with Gasteiger partial charge in [-0.25, -0.2) is 14.0 Å². The van der Waals surface area contributed by atoms with Crippen LogP contribution in [0.4, 0.5) is 14.9 Å². The molecule has 156 valence electrons. The number of anilines is 1. The standard InChI is InChI=1S/C24H20FN3O3/c1-15-12-22(29)31-21-14-18(9-10-19(15)21)27-24(30)28(2)23(20-8-3-4-11-26-20)16-6-5-7-17(25)13-16/h3-14,23H,1-2H3,(H,27,30). The number of urea groups is 1. The molecule has 0 aliphatic carbocycles. The molecule has 2 amide bonds.